The van der Waals surface area contributed by atoms with E-state index in [0.717, 1.165) is 12.8 Å². The van der Waals surface area contributed by atoms with Gasteiger partial charge in [0.2, 0.25) is 5.91 Å². The molecule has 2 heterocycles. The van der Waals surface area contributed by atoms with Crippen LogP contribution in [0.3, 0.4) is 0 Å². The molecule has 0 radical (unpaired) electrons. The molecule has 0 atom stereocenters. The van der Waals surface area contributed by atoms with Crippen molar-refractivity contribution in [2.75, 3.05) is 13.1 Å². The Morgan fingerprint density at radius 3 is 2.38 bits per heavy atom. The molecule has 5 nitrogen and oxygen atoms in total. The van der Waals surface area contributed by atoms with Crippen molar-refractivity contribution in [3.63, 3.8) is 0 Å². The van der Waals surface area contributed by atoms with Gasteiger partial charge in [0.15, 0.2) is 0 Å². The highest BCUT2D eigenvalue weighted by molar-refractivity contribution is 5.95. The Labute approximate surface area is 125 Å². The highest BCUT2D eigenvalue weighted by Gasteiger charge is 2.30. The maximum Gasteiger partial charge on any atom is 0.255 e. The van der Waals surface area contributed by atoms with Gasteiger partial charge in [-0.25, -0.2) is 0 Å². The molecule has 0 unspecified atom stereocenters. The fraction of sp³-hybridized carbons (Fsp3) is 0.625. The summed E-state index contributed by atoms with van der Waals surface area (Å²) in [6, 6.07) is 1.80. The van der Waals surface area contributed by atoms with E-state index >= 15 is 0 Å². The van der Waals surface area contributed by atoms with Gasteiger partial charge in [0.1, 0.15) is 5.76 Å². The molecule has 1 fully saturated rings. The summed E-state index contributed by atoms with van der Waals surface area (Å²) in [6.45, 7) is 8.98. The number of likely N-dealkylation sites (tertiary alicyclic amines) is 1. The Morgan fingerprint density at radius 1 is 1.29 bits per heavy atom. The second kappa shape index (κ2) is 5.92. The third-order valence-electron chi connectivity index (χ3n) is 3.86. The number of furan rings is 1. The second-order valence-corrected chi connectivity index (χ2v) is 6.68. The number of piperidine rings is 1. The average Bonchev–Trinajstić information content (AvgIpc) is 2.84. The maximum atomic E-state index is 12.2. The largest absolute Gasteiger partial charge is 0.469 e. The molecule has 1 aliphatic heterocycles. The van der Waals surface area contributed by atoms with Crippen LogP contribution in [-0.2, 0) is 4.79 Å². The van der Waals surface area contributed by atoms with Crippen LogP contribution in [-0.4, -0.2) is 35.8 Å². The van der Waals surface area contributed by atoms with E-state index < -0.39 is 0 Å². The Morgan fingerprint density at radius 2 is 1.90 bits per heavy atom. The van der Waals surface area contributed by atoms with Gasteiger partial charge in [0.05, 0.1) is 11.8 Å². The number of rotatable bonds is 2. The van der Waals surface area contributed by atoms with E-state index in [4.69, 9.17) is 4.42 Å². The number of carbonyl (C=O) groups excluding carboxylic acids is 2. The van der Waals surface area contributed by atoms with Gasteiger partial charge in [-0.2, -0.15) is 0 Å². The highest BCUT2D eigenvalue weighted by atomic mass is 16.3. The van der Waals surface area contributed by atoms with Crippen LogP contribution in [0.1, 0.15) is 49.7 Å². The first-order valence-electron chi connectivity index (χ1n) is 7.43. The summed E-state index contributed by atoms with van der Waals surface area (Å²) in [7, 11) is 0. The zero-order valence-corrected chi connectivity index (χ0v) is 13.2. The van der Waals surface area contributed by atoms with Gasteiger partial charge in [-0.05, 0) is 25.8 Å². The fourth-order valence-electron chi connectivity index (χ4n) is 2.58. The van der Waals surface area contributed by atoms with Crippen LogP contribution in [0.2, 0.25) is 0 Å². The van der Waals surface area contributed by atoms with Gasteiger partial charge in [0, 0.05) is 24.5 Å². The second-order valence-electron chi connectivity index (χ2n) is 6.68. The van der Waals surface area contributed by atoms with Crippen molar-refractivity contribution in [3.05, 3.63) is 23.7 Å². The van der Waals surface area contributed by atoms with E-state index in [1.54, 1.807) is 13.0 Å². The molecule has 5 heteroatoms. The van der Waals surface area contributed by atoms with Gasteiger partial charge in [-0.3, -0.25) is 9.59 Å². The van der Waals surface area contributed by atoms with E-state index in [0.29, 0.717) is 24.4 Å². The Hall–Kier alpha value is -1.78. The molecule has 1 saturated heterocycles. The lowest BCUT2D eigenvalue weighted by Gasteiger charge is -2.36. The van der Waals surface area contributed by atoms with E-state index in [1.807, 2.05) is 25.7 Å². The standard InChI is InChI=1S/C16H24N2O3/c1-11-13(7-10-21-11)14(19)17-12-5-8-18(9-6-12)15(20)16(2,3)4/h7,10,12H,5-6,8-9H2,1-4H3,(H,17,19). The molecule has 116 valence electrons. The van der Waals surface area contributed by atoms with Crippen molar-refractivity contribution in [1.82, 2.24) is 10.2 Å². The molecule has 0 bridgehead atoms. The lowest BCUT2D eigenvalue weighted by Crippen LogP contribution is -2.49. The first-order chi connectivity index (χ1) is 9.79. The van der Waals surface area contributed by atoms with Crippen molar-refractivity contribution in [2.45, 2.75) is 46.6 Å². The number of nitrogens with one attached hydrogen (secondary N) is 1. The number of nitrogens with zero attached hydrogens (tertiary/aromatic N) is 1. The van der Waals surface area contributed by atoms with Crippen LogP contribution in [0.25, 0.3) is 0 Å². The average molecular weight is 292 g/mol. The van der Waals surface area contributed by atoms with E-state index in [9.17, 15) is 9.59 Å². The molecule has 1 aromatic heterocycles. The molecular formula is C16H24N2O3. The zero-order chi connectivity index (χ0) is 15.6. The smallest absolute Gasteiger partial charge is 0.255 e. The molecule has 0 spiro atoms. The minimum absolute atomic E-state index is 0.0955. The van der Waals surface area contributed by atoms with Crippen LogP contribution >= 0.6 is 0 Å². The Kier molecular flexibility index (Phi) is 4.40. The molecule has 1 aliphatic rings. The lowest BCUT2D eigenvalue weighted by molar-refractivity contribution is -0.140. The van der Waals surface area contributed by atoms with Crippen molar-refractivity contribution >= 4 is 11.8 Å². The van der Waals surface area contributed by atoms with Gasteiger partial charge in [0.25, 0.3) is 5.91 Å². The molecule has 0 aliphatic carbocycles. The van der Waals surface area contributed by atoms with Crippen molar-refractivity contribution in [1.29, 1.82) is 0 Å². The first-order valence-corrected chi connectivity index (χ1v) is 7.43. The molecule has 0 saturated carbocycles. The summed E-state index contributed by atoms with van der Waals surface area (Å²) in [5, 5.41) is 3.02. The number of hydrogen-bond acceptors (Lipinski definition) is 3. The highest BCUT2D eigenvalue weighted by Crippen LogP contribution is 2.21. The van der Waals surface area contributed by atoms with E-state index in [1.165, 1.54) is 6.26 Å². The van der Waals surface area contributed by atoms with Crippen LogP contribution in [0.5, 0.6) is 0 Å². The predicted octanol–water partition coefficient (Wildman–Crippen LogP) is 2.35. The zero-order valence-electron chi connectivity index (χ0n) is 13.2. The van der Waals surface area contributed by atoms with Crippen molar-refractivity contribution in [2.24, 2.45) is 5.41 Å². The first kappa shape index (κ1) is 15.6. The molecule has 0 aromatic carbocycles. The van der Waals surface area contributed by atoms with Crippen LogP contribution in [0, 0.1) is 12.3 Å². The molecule has 1 N–H and O–H groups in total. The SMILES string of the molecule is Cc1occc1C(=O)NC1CCN(C(=O)C(C)(C)C)CC1. The topological polar surface area (TPSA) is 62.6 Å². The van der Waals surface area contributed by atoms with Crippen LogP contribution in [0.4, 0.5) is 0 Å². The summed E-state index contributed by atoms with van der Waals surface area (Å²) >= 11 is 0. The van der Waals surface area contributed by atoms with Gasteiger partial charge >= 0.3 is 0 Å². The summed E-state index contributed by atoms with van der Waals surface area (Å²) in [5.74, 6) is 0.715. The summed E-state index contributed by atoms with van der Waals surface area (Å²) in [6.07, 6.45) is 3.11. The quantitative estimate of drug-likeness (QED) is 0.910. The number of hydrogen-bond donors (Lipinski definition) is 1. The minimum Gasteiger partial charge on any atom is -0.469 e. The number of aryl methyl sites for hydroxylation is 1. The van der Waals surface area contributed by atoms with Crippen molar-refractivity contribution < 1.29 is 14.0 Å². The van der Waals surface area contributed by atoms with Crippen molar-refractivity contribution in [3.8, 4) is 0 Å². The lowest BCUT2D eigenvalue weighted by atomic mass is 9.93. The molecule has 2 rings (SSSR count). The van der Waals surface area contributed by atoms with Gasteiger partial charge in [-0.1, -0.05) is 20.8 Å². The number of carbonyl (C=O) groups is 2. The third kappa shape index (κ3) is 3.65. The van der Waals surface area contributed by atoms with Gasteiger partial charge < -0.3 is 14.6 Å². The fourth-order valence-corrected chi connectivity index (χ4v) is 2.58. The Balaban J connectivity index is 1.86. The van der Waals surface area contributed by atoms with Crippen LogP contribution < -0.4 is 5.32 Å². The minimum atomic E-state index is -0.343. The van der Waals surface area contributed by atoms with Crippen LogP contribution in [0.15, 0.2) is 16.7 Å². The van der Waals surface area contributed by atoms with E-state index in [-0.39, 0.29) is 23.3 Å². The third-order valence-corrected chi connectivity index (χ3v) is 3.86. The predicted molar refractivity (Wildman–Crippen MR) is 80.0 cm³/mol. The molecule has 2 amide bonds. The monoisotopic (exact) mass is 292 g/mol. The molecule has 1 aromatic rings. The summed E-state index contributed by atoms with van der Waals surface area (Å²) < 4.78 is 5.15. The molecule has 21 heavy (non-hydrogen) atoms. The summed E-state index contributed by atoms with van der Waals surface area (Å²) in [4.78, 5) is 26.2. The maximum absolute atomic E-state index is 12.2. The van der Waals surface area contributed by atoms with Gasteiger partial charge in [-0.15, -0.1) is 0 Å². The van der Waals surface area contributed by atoms with E-state index in [2.05, 4.69) is 5.32 Å². The number of amides is 2. The normalized spacial score (nSPS) is 16.9. The summed E-state index contributed by atoms with van der Waals surface area (Å²) in [5.41, 5.74) is 0.243. The molecular weight excluding hydrogens is 268 g/mol. The Bertz CT molecular complexity index is 520.